The van der Waals surface area contributed by atoms with E-state index in [-0.39, 0.29) is 22.4 Å². The minimum atomic E-state index is -0.158. The van der Waals surface area contributed by atoms with Crippen molar-refractivity contribution in [1.29, 1.82) is 0 Å². The van der Waals surface area contributed by atoms with Gasteiger partial charge in [-0.25, -0.2) is 4.39 Å². The second-order valence-corrected chi connectivity index (χ2v) is 5.62. The van der Waals surface area contributed by atoms with E-state index in [4.69, 9.17) is 0 Å². The molecular formula is C14H13FO. The number of benzene rings is 1. The topological polar surface area (TPSA) is 17.1 Å². The molecule has 0 unspecified atom stereocenters. The molecule has 16 heavy (non-hydrogen) atoms. The van der Waals surface area contributed by atoms with Gasteiger partial charge in [0.15, 0.2) is 5.78 Å². The molecule has 0 aliphatic heterocycles. The second kappa shape index (κ2) is 2.39. The first-order chi connectivity index (χ1) is 7.69. The van der Waals surface area contributed by atoms with Gasteiger partial charge in [0.25, 0.3) is 0 Å². The third-order valence-corrected chi connectivity index (χ3v) is 4.91. The maximum Gasteiger partial charge on any atom is 0.163 e. The van der Waals surface area contributed by atoms with Gasteiger partial charge < -0.3 is 0 Å². The van der Waals surface area contributed by atoms with Crippen molar-refractivity contribution in [3.63, 3.8) is 0 Å². The number of Topliss-reactive ketones (excluding diaryl/α,β-unsaturated/α-hetero) is 1. The highest BCUT2D eigenvalue weighted by Crippen LogP contribution is 2.74. The predicted molar refractivity (Wildman–Crippen MR) is 57.9 cm³/mol. The number of rotatable bonds is 0. The lowest BCUT2D eigenvalue weighted by atomic mass is 9.69. The average Bonchev–Trinajstić information content (AvgIpc) is 3.10. The molecule has 0 N–H and O–H groups in total. The minimum Gasteiger partial charge on any atom is -0.294 e. The molecule has 0 atom stereocenters. The van der Waals surface area contributed by atoms with Gasteiger partial charge in [-0.05, 0) is 37.2 Å². The quantitative estimate of drug-likeness (QED) is 0.650. The summed E-state index contributed by atoms with van der Waals surface area (Å²) in [5.74, 6) is -0.00106. The Morgan fingerprint density at radius 2 is 1.88 bits per heavy atom. The van der Waals surface area contributed by atoms with Crippen LogP contribution in [0.2, 0.25) is 0 Å². The summed E-state index contributed by atoms with van der Waals surface area (Å²) in [6, 6.07) is 4.97. The maximum absolute atomic E-state index is 14.0. The number of hydrogen-bond donors (Lipinski definition) is 0. The van der Waals surface area contributed by atoms with Crippen molar-refractivity contribution < 1.29 is 9.18 Å². The van der Waals surface area contributed by atoms with Crippen molar-refractivity contribution in [3.8, 4) is 0 Å². The number of halogens is 1. The van der Waals surface area contributed by atoms with E-state index in [9.17, 15) is 9.18 Å². The highest BCUT2D eigenvalue weighted by atomic mass is 19.1. The molecule has 4 rings (SSSR count). The van der Waals surface area contributed by atoms with E-state index < -0.39 is 0 Å². The molecule has 1 aromatic rings. The zero-order valence-corrected chi connectivity index (χ0v) is 9.05. The van der Waals surface area contributed by atoms with Crippen LogP contribution >= 0.6 is 0 Å². The Morgan fingerprint density at radius 3 is 2.50 bits per heavy atom. The summed E-state index contributed by atoms with van der Waals surface area (Å²) in [7, 11) is 0. The van der Waals surface area contributed by atoms with E-state index >= 15 is 0 Å². The molecule has 2 fully saturated rings. The van der Waals surface area contributed by atoms with E-state index in [1.54, 1.807) is 12.1 Å². The Labute approximate surface area is 93.7 Å². The largest absolute Gasteiger partial charge is 0.294 e. The Morgan fingerprint density at radius 1 is 1.12 bits per heavy atom. The van der Waals surface area contributed by atoms with Crippen molar-refractivity contribution in [3.05, 3.63) is 35.1 Å². The van der Waals surface area contributed by atoms with Crippen LogP contribution in [0.5, 0.6) is 0 Å². The summed E-state index contributed by atoms with van der Waals surface area (Å²) in [4.78, 5) is 12.0. The summed E-state index contributed by atoms with van der Waals surface area (Å²) in [6.45, 7) is 0. The van der Waals surface area contributed by atoms with Crippen molar-refractivity contribution in [1.82, 2.24) is 0 Å². The summed E-state index contributed by atoms with van der Waals surface area (Å²) < 4.78 is 14.0. The molecule has 2 saturated carbocycles. The van der Waals surface area contributed by atoms with E-state index in [0.29, 0.717) is 12.0 Å². The molecule has 1 nitrogen and oxygen atoms in total. The van der Waals surface area contributed by atoms with Gasteiger partial charge in [-0.1, -0.05) is 12.1 Å². The standard InChI is InChI=1S/C14H13FO/c15-10-3-1-2-9-11(16)8-13(4-5-13)14(6-7-14)12(9)10/h1-3H,4-8H2. The van der Waals surface area contributed by atoms with Gasteiger partial charge in [-0.3, -0.25) is 4.79 Å². The molecule has 1 aromatic carbocycles. The highest BCUT2D eigenvalue weighted by molar-refractivity contribution is 6.00. The molecule has 0 bridgehead atoms. The van der Waals surface area contributed by atoms with Gasteiger partial charge in [0.1, 0.15) is 5.82 Å². The van der Waals surface area contributed by atoms with Crippen molar-refractivity contribution in [2.75, 3.05) is 0 Å². The molecule has 2 spiro atoms. The van der Waals surface area contributed by atoms with E-state index in [2.05, 4.69) is 0 Å². The molecule has 0 amide bonds. The molecule has 0 aromatic heterocycles. The Hall–Kier alpha value is -1.18. The van der Waals surface area contributed by atoms with Gasteiger partial charge in [-0.15, -0.1) is 0 Å². The molecular weight excluding hydrogens is 203 g/mol. The molecule has 2 heteroatoms. The third kappa shape index (κ3) is 0.817. The van der Waals surface area contributed by atoms with Gasteiger partial charge in [0, 0.05) is 23.0 Å². The van der Waals surface area contributed by atoms with Crippen LogP contribution in [0.25, 0.3) is 0 Å². The summed E-state index contributed by atoms with van der Waals surface area (Å²) in [5.41, 5.74) is 1.61. The Balaban J connectivity index is 2.03. The fourth-order valence-electron chi connectivity index (χ4n) is 3.79. The number of fused-ring (bicyclic) bond motifs is 3. The van der Waals surface area contributed by atoms with Gasteiger partial charge in [0.2, 0.25) is 0 Å². The first-order valence-electron chi connectivity index (χ1n) is 6.01. The van der Waals surface area contributed by atoms with Crippen LogP contribution in [0, 0.1) is 11.2 Å². The summed E-state index contributed by atoms with van der Waals surface area (Å²) in [6.07, 6.45) is 5.05. The number of ketones is 1. The van der Waals surface area contributed by atoms with Crippen molar-refractivity contribution >= 4 is 5.78 Å². The summed E-state index contributed by atoms with van der Waals surface area (Å²) >= 11 is 0. The van der Waals surface area contributed by atoms with Crippen LogP contribution in [-0.2, 0) is 5.41 Å². The molecule has 3 aliphatic carbocycles. The van der Waals surface area contributed by atoms with E-state index in [1.165, 1.54) is 6.07 Å². The summed E-state index contributed by atoms with van der Waals surface area (Å²) in [5, 5.41) is 0. The third-order valence-electron chi connectivity index (χ3n) is 4.91. The fourth-order valence-corrected chi connectivity index (χ4v) is 3.79. The van der Waals surface area contributed by atoms with Gasteiger partial charge >= 0.3 is 0 Å². The zero-order valence-electron chi connectivity index (χ0n) is 9.05. The lowest BCUT2D eigenvalue weighted by Crippen LogP contribution is -2.33. The SMILES string of the molecule is O=C1CC2(CC2)C2(CC2)c2c(F)cccc21. The molecule has 0 radical (unpaired) electrons. The lowest BCUT2D eigenvalue weighted by Gasteiger charge is -2.33. The number of carbonyl (C=O) groups excluding carboxylic acids is 1. The lowest BCUT2D eigenvalue weighted by molar-refractivity contribution is 0.0916. The first-order valence-corrected chi connectivity index (χ1v) is 6.01. The van der Waals surface area contributed by atoms with Gasteiger partial charge in [-0.2, -0.15) is 0 Å². The monoisotopic (exact) mass is 216 g/mol. The van der Waals surface area contributed by atoms with Crippen LogP contribution in [0.15, 0.2) is 18.2 Å². The maximum atomic E-state index is 14.0. The Kier molecular flexibility index (Phi) is 1.33. The van der Waals surface area contributed by atoms with Crippen LogP contribution in [0.4, 0.5) is 4.39 Å². The highest BCUT2D eigenvalue weighted by Gasteiger charge is 2.69. The van der Waals surface area contributed by atoms with Crippen LogP contribution in [-0.4, -0.2) is 5.78 Å². The Bertz CT molecular complexity index is 509. The molecule has 3 aliphatic rings. The normalized spacial score (nSPS) is 26.9. The smallest absolute Gasteiger partial charge is 0.163 e. The first kappa shape index (κ1) is 8.91. The van der Waals surface area contributed by atoms with Crippen LogP contribution in [0.1, 0.15) is 48.0 Å². The second-order valence-electron chi connectivity index (χ2n) is 5.62. The van der Waals surface area contributed by atoms with E-state index in [0.717, 1.165) is 31.2 Å². The average molecular weight is 216 g/mol. The van der Waals surface area contributed by atoms with Gasteiger partial charge in [0.05, 0.1) is 0 Å². The van der Waals surface area contributed by atoms with Crippen molar-refractivity contribution in [2.24, 2.45) is 5.41 Å². The van der Waals surface area contributed by atoms with Crippen LogP contribution < -0.4 is 0 Å². The predicted octanol–water partition coefficient (Wildman–Crippen LogP) is 3.22. The number of carbonyl (C=O) groups is 1. The fraction of sp³-hybridized carbons (Fsp3) is 0.500. The molecule has 0 saturated heterocycles. The van der Waals surface area contributed by atoms with Crippen LogP contribution in [0.3, 0.4) is 0 Å². The van der Waals surface area contributed by atoms with E-state index in [1.807, 2.05) is 0 Å². The molecule has 82 valence electrons. The van der Waals surface area contributed by atoms with Crippen molar-refractivity contribution in [2.45, 2.75) is 37.5 Å². The molecule has 0 heterocycles. The minimum absolute atomic E-state index is 0.0432. The zero-order chi connectivity index (χ0) is 11.0. The number of hydrogen-bond acceptors (Lipinski definition) is 1.